The number of hydrogen-bond donors (Lipinski definition) is 0. The zero-order chi connectivity index (χ0) is 11.3. The predicted octanol–water partition coefficient (Wildman–Crippen LogP) is 4.27. The molecule has 0 aromatic carbocycles. The highest BCUT2D eigenvalue weighted by molar-refractivity contribution is 6.57. The lowest BCUT2D eigenvalue weighted by Crippen LogP contribution is -2.34. The maximum absolute atomic E-state index is 6.14. The van der Waals surface area contributed by atoms with E-state index in [9.17, 15) is 0 Å². The number of hydrogen-bond acceptors (Lipinski definition) is 1. The van der Waals surface area contributed by atoms with Crippen LogP contribution in [0.5, 0.6) is 0 Å². The molecule has 1 rings (SSSR count). The fourth-order valence-corrected chi connectivity index (χ4v) is 6.51. The Kier molecular flexibility index (Phi) is 5.34. The highest BCUT2D eigenvalue weighted by atomic mass is 28.3. The fraction of sp³-hybridized carbons (Fsp3) is 1.00. The van der Waals surface area contributed by atoms with Crippen LogP contribution in [-0.2, 0) is 4.43 Å². The Morgan fingerprint density at radius 2 is 1.60 bits per heavy atom. The summed E-state index contributed by atoms with van der Waals surface area (Å²) in [5.41, 5.74) is 0.937. The van der Waals surface area contributed by atoms with Crippen LogP contribution in [-0.4, -0.2) is 15.6 Å². The van der Waals surface area contributed by atoms with Crippen LogP contribution in [0, 0.1) is 0 Å². The molecule has 0 radical (unpaired) electrons. The van der Waals surface area contributed by atoms with Gasteiger partial charge < -0.3 is 4.43 Å². The van der Waals surface area contributed by atoms with Crippen LogP contribution in [0.25, 0.3) is 0 Å². The van der Waals surface area contributed by atoms with E-state index in [0.717, 1.165) is 12.1 Å². The molecule has 0 spiro atoms. The van der Waals surface area contributed by atoms with Crippen molar-refractivity contribution in [1.82, 2.24) is 0 Å². The van der Waals surface area contributed by atoms with Gasteiger partial charge in [0.1, 0.15) is 0 Å². The molecule has 1 unspecified atom stereocenters. The third-order valence-corrected chi connectivity index (χ3v) is 7.45. The molecule has 90 valence electrons. The summed E-state index contributed by atoms with van der Waals surface area (Å²) in [5, 5.41) is 0.436. The van der Waals surface area contributed by atoms with E-state index < -0.39 is 9.04 Å². The fourth-order valence-electron chi connectivity index (χ4n) is 2.89. The van der Waals surface area contributed by atoms with Crippen molar-refractivity contribution in [2.24, 2.45) is 0 Å². The summed E-state index contributed by atoms with van der Waals surface area (Å²) in [4.78, 5) is 0. The molecule has 15 heavy (non-hydrogen) atoms. The normalized spacial score (nSPS) is 22.4. The molecule has 0 heterocycles. The average Bonchev–Trinajstić information content (AvgIpc) is 2.40. The second kappa shape index (κ2) is 6.05. The molecule has 0 aliphatic heterocycles. The van der Waals surface area contributed by atoms with Crippen LogP contribution < -0.4 is 0 Å². The van der Waals surface area contributed by atoms with Crippen molar-refractivity contribution in [1.29, 1.82) is 0 Å². The molecule has 2 heteroatoms. The summed E-state index contributed by atoms with van der Waals surface area (Å²) >= 11 is 0. The van der Waals surface area contributed by atoms with Gasteiger partial charge in [0.05, 0.1) is 0 Å². The van der Waals surface area contributed by atoms with Gasteiger partial charge in [-0.3, -0.25) is 0 Å². The Morgan fingerprint density at radius 3 is 2.00 bits per heavy atom. The second-order valence-electron chi connectivity index (χ2n) is 5.99. The maximum Gasteiger partial charge on any atom is 0.185 e. The van der Waals surface area contributed by atoms with E-state index in [4.69, 9.17) is 4.43 Å². The lowest BCUT2D eigenvalue weighted by molar-refractivity contribution is 0.307. The van der Waals surface area contributed by atoms with Crippen LogP contribution in [0.3, 0.4) is 0 Å². The molecule has 1 atom stereocenters. The molecule has 0 bridgehead atoms. The van der Waals surface area contributed by atoms with Gasteiger partial charge in [0.2, 0.25) is 0 Å². The van der Waals surface area contributed by atoms with Gasteiger partial charge in [-0.15, -0.1) is 0 Å². The highest BCUT2D eigenvalue weighted by Gasteiger charge is 2.35. The van der Waals surface area contributed by atoms with Crippen molar-refractivity contribution in [3.05, 3.63) is 0 Å². The first kappa shape index (κ1) is 13.2. The standard InChI is InChI=1S/C13H28OSi/c1-5-14-15(13(2,3)4)12-10-8-6-7-9-11-12/h12,15H,5-11H2,1-4H3. The van der Waals surface area contributed by atoms with Crippen LogP contribution in [0.1, 0.15) is 66.2 Å². The number of rotatable bonds is 3. The first-order valence-corrected chi connectivity index (χ1v) is 8.39. The van der Waals surface area contributed by atoms with Crippen molar-refractivity contribution in [2.75, 3.05) is 6.61 Å². The molecule has 1 fully saturated rings. The van der Waals surface area contributed by atoms with E-state index in [0.29, 0.717) is 5.04 Å². The van der Waals surface area contributed by atoms with Gasteiger partial charge >= 0.3 is 0 Å². The van der Waals surface area contributed by atoms with Gasteiger partial charge in [-0.1, -0.05) is 59.3 Å². The lowest BCUT2D eigenvalue weighted by Gasteiger charge is -2.34. The molecular formula is C13H28OSi. The summed E-state index contributed by atoms with van der Waals surface area (Å²) in [6.07, 6.45) is 8.67. The molecule has 0 aromatic rings. The van der Waals surface area contributed by atoms with Gasteiger partial charge in [-0.25, -0.2) is 0 Å². The van der Waals surface area contributed by atoms with E-state index in [1.54, 1.807) is 0 Å². The van der Waals surface area contributed by atoms with E-state index in [1.165, 1.54) is 38.5 Å². The zero-order valence-corrected chi connectivity index (χ0v) is 12.2. The van der Waals surface area contributed by atoms with Crippen LogP contribution in [0.15, 0.2) is 0 Å². The summed E-state index contributed by atoms with van der Waals surface area (Å²) < 4.78 is 6.14. The summed E-state index contributed by atoms with van der Waals surface area (Å²) in [6, 6.07) is 0. The molecule has 0 N–H and O–H groups in total. The molecule has 1 saturated carbocycles. The Bertz CT molecular complexity index is 166. The highest BCUT2D eigenvalue weighted by Crippen LogP contribution is 2.41. The van der Waals surface area contributed by atoms with E-state index in [2.05, 4.69) is 27.7 Å². The average molecular weight is 228 g/mol. The zero-order valence-electron chi connectivity index (χ0n) is 11.0. The smallest absolute Gasteiger partial charge is 0.185 e. The molecular weight excluding hydrogens is 200 g/mol. The van der Waals surface area contributed by atoms with E-state index in [1.807, 2.05) is 0 Å². The van der Waals surface area contributed by atoms with Crippen molar-refractivity contribution in [2.45, 2.75) is 76.8 Å². The van der Waals surface area contributed by atoms with Crippen molar-refractivity contribution in [3.63, 3.8) is 0 Å². The predicted molar refractivity (Wildman–Crippen MR) is 69.9 cm³/mol. The Hall–Kier alpha value is 0.177. The molecule has 1 aliphatic rings. The van der Waals surface area contributed by atoms with Gasteiger partial charge in [0, 0.05) is 6.61 Å². The Morgan fingerprint density at radius 1 is 1.07 bits per heavy atom. The molecule has 0 amide bonds. The molecule has 0 aromatic heterocycles. The molecule has 1 aliphatic carbocycles. The van der Waals surface area contributed by atoms with Gasteiger partial charge in [0.25, 0.3) is 0 Å². The van der Waals surface area contributed by atoms with Crippen LogP contribution in [0.4, 0.5) is 0 Å². The van der Waals surface area contributed by atoms with Crippen LogP contribution >= 0.6 is 0 Å². The summed E-state index contributed by atoms with van der Waals surface area (Å²) in [5.74, 6) is 0. The SMILES string of the molecule is CCO[SiH](C1CCCCCC1)C(C)(C)C. The van der Waals surface area contributed by atoms with E-state index >= 15 is 0 Å². The first-order valence-electron chi connectivity index (χ1n) is 6.67. The quantitative estimate of drug-likeness (QED) is 0.518. The third-order valence-electron chi connectivity index (χ3n) is 3.53. The minimum absolute atomic E-state index is 0.436. The largest absolute Gasteiger partial charge is 0.420 e. The van der Waals surface area contributed by atoms with Gasteiger partial charge in [-0.05, 0) is 17.5 Å². The Labute approximate surface area is 97.3 Å². The summed E-state index contributed by atoms with van der Waals surface area (Å²) in [6.45, 7) is 10.2. The topological polar surface area (TPSA) is 9.23 Å². The maximum atomic E-state index is 6.14. The monoisotopic (exact) mass is 228 g/mol. The minimum atomic E-state index is -1.03. The van der Waals surface area contributed by atoms with Gasteiger partial charge in [-0.2, -0.15) is 0 Å². The lowest BCUT2D eigenvalue weighted by atomic mass is 10.2. The first-order chi connectivity index (χ1) is 7.05. The van der Waals surface area contributed by atoms with Crippen LogP contribution in [0.2, 0.25) is 10.6 Å². The molecule has 0 saturated heterocycles. The van der Waals surface area contributed by atoms with Gasteiger partial charge in [0.15, 0.2) is 9.04 Å². The van der Waals surface area contributed by atoms with Crippen molar-refractivity contribution in [3.8, 4) is 0 Å². The van der Waals surface area contributed by atoms with Crippen molar-refractivity contribution < 1.29 is 4.43 Å². The minimum Gasteiger partial charge on any atom is -0.420 e. The van der Waals surface area contributed by atoms with Crippen molar-refractivity contribution >= 4 is 9.04 Å². The summed E-state index contributed by atoms with van der Waals surface area (Å²) in [7, 11) is -1.03. The van der Waals surface area contributed by atoms with E-state index in [-0.39, 0.29) is 0 Å². The second-order valence-corrected chi connectivity index (χ2v) is 9.84. The molecule has 1 nitrogen and oxygen atoms in total. The third kappa shape index (κ3) is 4.27. The Balaban J connectivity index is 2.60.